The second-order valence-electron chi connectivity index (χ2n) is 9.22. The number of hydrogen-bond donors (Lipinski definition) is 2. The van der Waals surface area contributed by atoms with Crippen LogP contribution in [0.15, 0.2) is 60.9 Å². The molecule has 0 aliphatic carbocycles. The summed E-state index contributed by atoms with van der Waals surface area (Å²) in [6, 6.07) is 15.6. The molecule has 0 spiro atoms. The fourth-order valence-electron chi connectivity index (χ4n) is 4.87. The van der Waals surface area contributed by atoms with Gasteiger partial charge in [-0.1, -0.05) is 24.6 Å². The van der Waals surface area contributed by atoms with Crippen LogP contribution in [0.1, 0.15) is 36.5 Å². The summed E-state index contributed by atoms with van der Waals surface area (Å²) in [7, 11) is 2.12. The molecule has 7 heteroatoms. The monoisotopic (exact) mass is 467 g/mol. The van der Waals surface area contributed by atoms with Gasteiger partial charge in [0.05, 0.1) is 11.2 Å². The number of likely N-dealkylation sites (N-methyl/N-ethyl adjacent to an activating group) is 1. The topological polar surface area (TPSA) is 87.2 Å². The van der Waals surface area contributed by atoms with E-state index < -0.39 is 0 Å². The molecule has 0 saturated carbocycles. The molecular weight excluding hydrogens is 438 g/mol. The average molecular weight is 468 g/mol. The van der Waals surface area contributed by atoms with E-state index in [1.54, 1.807) is 6.20 Å². The van der Waals surface area contributed by atoms with Crippen LogP contribution in [-0.2, 0) is 4.79 Å². The Morgan fingerprint density at radius 3 is 2.77 bits per heavy atom. The molecule has 3 heterocycles. The summed E-state index contributed by atoms with van der Waals surface area (Å²) >= 11 is 0. The van der Waals surface area contributed by atoms with E-state index in [4.69, 9.17) is 4.98 Å². The highest BCUT2D eigenvalue weighted by Crippen LogP contribution is 2.33. The van der Waals surface area contributed by atoms with Crippen molar-refractivity contribution in [3.63, 3.8) is 0 Å². The Bertz CT molecular complexity index is 1420. The Balaban J connectivity index is 1.51. The Labute approximate surface area is 204 Å². The SMILES string of the molecule is CC(=O)Nc1cccc(-c2nc3cc(C(=O)NCC4CCCCN4C)ccc3c3cnccc23)c1. The van der Waals surface area contributed by atoms with Gasteiger partial charge in [-0.25, -0.2) is 4.98 Å². The quantitative estimate of drug-likeness (QED) is 0.418. The van der Waals surface area contributed by atoms with Crippen molar-refractivity contribution < 1.29 is 9.59 Å². The number of aromatic nitrogens is 2. The number of benzene rings is 2. The summed E-state index contributed by atoms with van der Waals surface area (Å²) < 4.78 is 0. The minimum atomic E-state index is -0.127. The number of pyridine rings is 2. The first-order valence-electron chi connectivity index (χ1n) is 12.0. The number of carbonyl (C=O) groups excluding carboxylic acids is 2. The van der Waals surface area contributed by atoms with Gasteiger partial charge in [-0.05, 0) is 56.8 Å². The van der Waals surface area contributed by atoms with E-state index in [1.807, 2.05) is 54.7 Å². The smallest absolute Gasteiger partial charge is 0.251 e. The number of carbonyl (C=O) groups is 2. The summed E-state index contributed by atoms with van der Waals surface area (Å²) in [6.07, 6.45) is 7.12. The van der Waals surface area contributed by atoms with Crippen molar-refractivity contribution in [3.8, 4) is 11.3 Å². The maximum absolute atomic E-state index is 13.0. The maximum atomic E-state index is 13.0. The number of nitrogens with one attached hydrogen (secondary N) is 2. The van der Waals surface area contributed by atoms with E-state index in [0.717, 1.165) is 45.9 Å². The predicted octanol–water partition coefficient (Wildman–Crippen LogP) is 4.62. The first-order chi connectivity index (χ1) is 17.0. The maximum Gasteiger partial charge on any atom is 0.251 e. The fraction of sp³-hybridized carbons (Fsp3) is 0.286. The Morgan fingerprint density at radius 1 is 1.06 bits per heavy atom. The van der Waals surface area contributed by atoms with Gasteiger partial charge < -0.3 is 15.5 Å². The lowest BCUT2D eigenvalue weighted by Gasteiger charge is -2.32. The van der Waals surface area contributed by atoms with E-state index >= 15 is 0 Å². The van der Waals surface area contributed by atoms with Crippen molar-refractivity contribution >= 4 is 39.2 Å². The number of anilines is 1. The summed E-state index contributed by atoms with van der Waals surface area (Å²) in [5.41, 5.74) is 3.69. The zero-order valence-corrected chi connectivity index (χ0v) is 20.0. The molecule has 178 valence electrons. The van der Waals surface area contributed by atoms with Gasteiger partial charge in [0, 0.05) is 64.9 Å². The Morgan fingerprint density at radius 2 is 1.94 bits per heavy atom. The minimum absolute atomic E-state index is 0.0897. The van der Waals surface area contributed by atoms with Crippen molar-refractivity contribution in [2.75, 3.05) is 25.5 Å². The molecule has 0 bridgehead atoms. The van der Waals surface area contributed by atoms with Crippen LogP contribution >= 0.6 is 0 Å². The molecular formula is C28H29N5O2. The van der Waals surface area contributed by atoms with E-state index in [0.29, 0.717) is 23.8 Å². The van der Waals surface area contributed by atoms with E-state index in [-0.39, 0.29) is 11.8 Å². The Hall–Kier alpha value is -3.84. The molecule has 7 nitrogen and oxygen atoms in total. The van der Waals surface area contributed by atoms with Crippen LogP contribution in [0.2, 0.25) is 0 Å². The molecule has 1 aliphatic heterocycles. The molecule has 1 unspecified atom stereocenters. The van der Waals surface area contributed by atoms with Crippen molar-refractivity contribution in [2.24, 2.45) is 0 Å². The summed E-state index contributed by atoms with van der Waals surface area (Å²) in [5, 5.41) is 8.82. The minimum Gasteiger partial charge on any atom is -0.350 e. The van der Waals surface area contributed by atoms with Gasteiger partial charge in [-0.2, -0.15) is 0 Å². The van der Waals surface area contributed by atoms with E-state index in [9.17, 15) is 9.59 Å². The van der Waals surface area contributed by atoms with Gasteiger partial charge >= 0.3 is 0 Å². The molecule has 5 rings (SSSR count). The molecule has 2 N–H and O–H groups in total. The van der Waals surface area contributed by atoms with Crippen LogP contribution in [0.5, 0.6) is 0 Å². The van der Waals surface area contributed by atoms with Gasteiger partial charge in [0.1, 0.15) is 0 Å². The first kappa shape index (κ1) is 22.9. The molecule has 1 fully saturated rings. The third-order valence-electron chi connectivity index (χ3n) is 6.73. The summed E-state index contributed by atoms with van der Waals surface area (Å²) in [4.78, 5) is 36.2. The molecule has 2 aromatic carbocycles. The molecule has 1 saturated heterocycles. The van der Waals surface area contributed by atoms with Crippen molar-refractivity contribution in [2.45, 2.75) is 32.2 Å². The summed E-state index contributed by atoms with van der Waals surface area (Å²) in [5.74, 6) is -0.217. The number of nitrogens with zero attached hydrogens (tertiary/aromatic N) is 3. The average Bonchev–Trinajstić information content (AvgIpc) is 2.87. The number of fused-ring (bicyclic) bond motifs is 3. The number of likely N-dealkylation sites (tertiary alicyclic amines) is 1. The lowest BCUT2D eigenvalue weighted by atomic mass is 10.00. The third kappa shape index (κ3) is 4.86. The third-order valence-corrected chi connectivity index (χ3v) is 6.73. The van der Waals surface area contributed by atoms with Gasteiger partial charge in [0.25, 0.3) is 5.91 Å². The Kier molecular flexibility index (Phi) is 6.42. The van der Waals surface area contributed by atoms with Crippen LogP contribution in [0.4, 0.5) is 5.69 Å². The lowest BCUT2D eigenvalue weighted by Crippen LogP contribution is -2.44. The van der Waals surface area contributed by atoms with E-state index in [2.05, 4.69) is 27.6 Å². The molecule has 2 amide bonds. The molecule has 0 radical (unpaired) electrons. The van der Waals surface area contributed by atoms with Crippen LogP contribution in [0.3, 0.4) is 0 Å². The highest BCUT2D eigenvalue weighted by molar-refractivity contribution is 6.12. The normalized spacial score (nSPS) is 16.3. The number of amides is 2. The standard InChI is InChI=1S/C28H29N5O2/c1-18(34)31-21-7-5-6-19(14-21)27-24-11-12-29-17-25(24)23-10-9-20(15-26(23)32-27)28(35)30-16-22-8-3-4-13-33(22)2/h5-7,9-12,14-15,17,22H,3-4,8,13,16H2,1-2H3,(H,30,35)(H,31,34). The predicted molar refractivity (Wildman–Crippen MR) is 139 cm³/mol. The van der Waals surface area contributed by atoms with Crippen molar-refractivity contribution in [1.82, 2.24) is 20.2 Å². The van der Waals surface area contributed by atoms with Crippen molar-refractivity contribution in [3.05, 3.63) is 66.5 Å². The second-order valence-corrected chi connectivity index (χ2v) is 9.22. The zero-order valence-electron chi connectivity index (χ0n) is 20.0. The molecule has 4 aromatic rings. The largest absolute Gasteiger partial charge is 0.350 e. The lowest BCUT2D eigenvalue weighted by molar-refractivity contribution is -0.114. The molecule has 2 aromatic heterocycles. The number of hydrogen-bond acceptors (Lipinski definition) is 5. The zero-order chi connectivity index (χ0) is 24.4. The number of rotatable bonds is 5. The highest BCUT2D eigenvalue weighted by atomic mass is 16.2. The summed E-state index contributed by atoms with van der Waals surface area (Å²) in [6.45, 7) is 3.21. The van der Waals surface area contributed by atoms with Crippen LogP contribution in [0.25, 0.3) is 32.9 Å². The van der Waals surface area contributed by atoms with Crippen LogP contribution in [0, 0.1) is 0 Å². The fourth-order valence-corrected chi connectivity index (χ4v) is 4.87. The van der Waals surface area contributed by atoms with Crippen molar-refractivity contribution in [1.29, 1.82) is 0 Å². The number of piperidine rings is 1. The van der Waals surface area contributed by atoms with Gasteiger partial charge in [-0.3, -0.25) is 14.6 Å². The second kappa shape index (κ2) is 9.80. The van der Waals surface area contributed by atoms with Gasteiger partial charge in [-0.15, -0.1) is 0 Å². The van der Waals surface area contributed by atoms with Crippen LogP contribution < -0.4 is 10.6 Å². The van der Waals surface area contributed by atoms with Gasteiger partial charge in [0.15, 0.2) is 0 Å². The first-order valence-corrected chi connectivity index (χ1v) is 12.0. The van der Waals surface area contributed by atoms with E-state index in [1.165, 1.54) is 19.8 Å². The molecule has 1 aliphatic rings. The highest BCUT2D eigenvalue weighted by Gasteiger charge is 2.20. The molecule has 35 heavy (non-hydrogen) atoms. The van der Waals surface area contributed by atoms with Gasteiger partial charge in [0.2, 0.25) is 5.91 Å². The molecule has 1 atom stereocenters. The van der Waals surface area contributed by atoms with Crippen LogP contribution in [-0.4, -0.2) is 52.9 Å².